The summed E-state index contributed by atoms with van der Waals surface area (Å²) in [7, 11) is 0. The normalized spacial score (nSPS) is 24.6. The minimum Gasteiger partial charge on any atom is -0.494 e. The van der Waals surface area contributed by atoms with Crippen molar-refractivity contribution in [2.75, 3.05) is 19.8 Å². The first-order chi connectivity index (χ1) is 17.5. The van der Waals surface area contributed by atoms with E-state index in [0.717, 1.165) is 63.7 Å². The van der Waals surface area contributed by atoms with Crippen molar-refractivity contribution in [2.45, 2.75) is 89.6 Å². The molecule has 2 aromatic rings. The summed E-state index contributed by atoms with van der Waals surface area (Å²) in [5, 5.41) is 0. The number of hydrogen-bond acceptors (Lipinski definition) is 3. The third-order valence-corrected chi connectivity index (χ3v) is 7.85. The van der Waals surface area contributed by atoms with Gasteiger partial charge >= 0.3 is 0 Å². The van der Waals surface area contributed by atoms with E-state index in [9.17, 15) is 8.78 Å². The molecule has 0 aromatic heterocycles. The Bertz CT molecular complexity index is 947. The second kappa shape index (κ2) is 12.8. The van der Waals surface area contributed by atoms with Crippen molar-refractivity contribution < 1.29 is 27.4 Å². The molecule has 1 aliphatic heterocycles. The van der Waals surface area contributed by atoms with Gasteiger partial charge in [0, 0.05) is 5.92 Å². The predicted molar refractivity (Wildman–Crippen MR) is 136 cm³/mol. The molecule has 198 valence electrons. The summed E-state index contributed by atoms with van der Waals surface area (Å²) >= 11 is 0. The van der Waals surface area contributed by atoms with Gasteiger partial charge < -0.3 is 14.2 Å². The number of alkyl halides is 2. The molecular weight excluding hydrogens is 465 g/mol. The van der Waals surface area contributed by atoms with E-state index in [1.165, 1.54) is 11.6 Å². The van der Waals surface area contributed by atoms with Crippen molar-refractivity contribution >= 4 is 0 Å². The average Bonchev–Trinajstić information content (AvgIpc) is 2.90. The number of ether oxygens (including phenoxy) is 3. The van der Waals surface area contributed by atoms with Gasteiger partial charge in [0.25, 0.3) is 6.43 Å². The van der Waals surface area contributed by atoms with Crippen LogP contribution in [0.25, 0.3) is 0 Å². The van der Waals surface area contributed by atoms with Gasteiger partial charge in [-0.05, 0) is 93.0 Å². The van der Waals surface area contributed by atoms with Gasteiger partial charge in [-0.1, -0.05) is 31.5 Å². The lowest BCUT2D eigenvalue weighted by atomic mass is 9.75. The van der Waals surface area contributed by atoms with Crippen LogP contribution in [-0.4, -0.2) is 25.9 Å². The van der Waals surface area contributed by atoms with Gasteiger partial charge in [-0.15, -0.1) is 0 Å². The molecule has 0 bridgehead atoms. The van der Waals surface area contributed by atoms with Gasteiger partial charge in [0.15, 0.2) is 0 Å². The molecule has 1 saturated carbocycles. The molecule has 4 rings (SSSR count). The molecule has 2 aliphatic rings. The van der Waals surface area contributed by atoms with Crippen LogP contribution in [0.1, 0.15) is 100 Å². The van der Waals surface area contributed by atoms with Crippen LogP contribution in [0, 0.1) is 11.7 Å². The first-order valence-electron chi connectivity index (χ1n) is 13.6. The Labute approximate surface area is 213 Å². The topological polar surface area (TPSA) is 27.7 Å². The van der Waals surface area contributed by atoms with Crippen molar-refractivity contribution in [1.82, 2.24) is 0 Å². The summed E-state index contributed by atoms with van der Waals surface area (Å²) in [6, 6.07) is 11.6. The summed E-state index contributed by atoms with van der Waals surface area (Å²) in [5.41, 5.74) is 1.06. The lowest BCUT2D eigenvalue weighted by Crippen LogP contribution is -2.33. The first-order valence-corrected chi connectivity index (χ1v) is 13.6. The number of rotatable bonds is 10. The molecule has 1 heterocycles. The Kier molecular flexibility index (Phi) is 9.58. The molecule has 0 amide bonds. The second-order valence-corrected chi connectivity index (χ2v) is 10.1. The number of halogens is 3. The van der Waals surface area contributed by atoms with Crippen molar-refractivity contribution in [3.05, 3.63) is 58.9 Å². The summed E-state index contributed by atoms with van der Waals surface area (Å²) in [6.45, 7) is 5.21. The van der Waals surface area contributed by atoms with Crippen molar-refractivity contribution in [3.63, 3.8) is 0 Å². The standard InChI is InChI=1S/C30H39F3O3/c1-3-5-18-35-24-13-10-21(11-14-24)20-6-8-22(9-7-20)26-16-12-23(19-36-26)25-15-17-27(34-4-2)28(29(25)31)30(32)33/h10-11,13-15,17,20,22-23,26,30H,3-9,12,16,18-19H2,1-2H3. The number of benzene rings is 2. The quantitative estimate of drug-likeness (QED) is 0.303. The summed E-state index contributed by atoms with van der Waals surface area (Å²) in [4.78, 5) is 0. The fourth-order valence-electron chi connectivity index (χ4n) is 5.78. The maximum atomic E-state index is 15.0. The van der Waals surface area contributed by atoms with E-state index in [2.05, 4.69) is 31.2 Å². The fraction of sp³-hybridized carbons (Fsp3) is 0.600. The highest BCUT2D eigenvalue weighted by Crippen LogP contribution is 2.43. The molecule has 2 aromatic carbocycles. The van der Waals surface area contributed by atoms with Crippen LogP contribution >= 0.6 is 0 Å². The smallest absolute Gasteiger partial charge is 0.270 e. The summed E-state index contributed by atoms with van der Waals surface area (Å²) < 4.78 is 59.3. The lowest BCUT2D eigenvalue weighted by Gasteiger charge is -2.38. The van der Waals surface area contributed by atoms with E-state index in [-0.39, 0.29) is 24.4 Å². The zero-order valence-corrected chi connectivity index (χ0v) is 21.5. The average molecular weight is 505 g/mol. The Morgan fingerprint density at radius 2 is 1.61 bits per heavy atom. The molecule has 2 atom stereocenters. The highest BCUT2D eigenvalue weighted by atomic mass is 19.3. The largest absolute Gasteiger partial charge is 0.494 e. The molecule has 1 aliphatic carbocycles. The molecule has 2 unspecified atom stereocenters. The van der Waals surface area contributed by atoms with Crippen molar-refractivity contribution in [3.8, 4) is 11.5 Å². The second-order valence-electron chi connectivity index (χ2n) is 10.1. The Morgan fingerprint density at radius 3 is 2.22 bits per heavy atom. The van der Waals surface area contributed by atoms with E-state index in [0.29, 0.717) is 24.0 Å². The zero-order chi connectivity index (χ0) is 25.5. The monoisotopic (exact) mass is 504 g/mol. The van der Waals surface area contributed by atoms with Gasteiger partial charge in [0.05, 0.1) is 31.5 Å². The molecule has 1 saturated heterocycles. The van der Waals surface area contributed by atoms with Crippen molar-refractivity contribution in [2.24, 2.45) is 5.92 Å². The lowest BCUT2D eigenvalue weighted by molar-refractivity contribution is -0.0416. The van der Waals surface area contributed by atoms with E-state index < -0.39 is 17.8 Å². The minimum atomic E-state index is -2.91. The van der Waals surface area contributed by atoms with Gasteiger partial charge in [-0.3, -0.25) is 0 Å². The van der Waals surface area contributed by atoms with Crippen LogP contribution in [0.5, 0.6) is 11.5 Å². The molecule has 0 N–H and O–H groups in total. The van der Waals surface area contributed by atoms with Gasteiger partial charge in [-0.2, -0.15) is 0 Å². The SMILES string of the molecule is CCCCOc1ccc(C2CCC(C3CCC(c4ccc(OCC)c(C(F)F)c4F)CO3)CC2)cc1. The zero-order valence-electron chi connectivity index (χ0n) is 21.5. The fourth-order valence-corrected chi connectivity index (χ4v) is 5.78. The van der Waals surface area contributed by atoms with E-state index >= 15 is 4.39 Å². The highest BCUT2D eigenvalue weighted by Gasteiger charge is 2.34. The Balaban J connectivity index is 1.28. The maximum Gasteiger partial charge on any atom is 0.270 e. The van der Waals surface area contributed by atoms with E-state index in [1.807, 2.05) is 0 Å². The third-order valence-electron chi connectivity index (χ3n) is 7.85. The van der Waals surface area contributed by atoms with Crippen molar-refractivity contribution in [1.29, 1.82) is 0 Å². The first kappa shape index (κ1) is 26.8. The molecule has 36 heavy (non-hydrogen) atoms. The Morgan fingerprint density at radius 1 is 0.889 bits per heavy atom. The molecule has 0 radical (unpaired) electrons. The van der Waals surface area contributed by atoms with Crippen LogP contribution in [0.3, 0.4) is 0 Å². The van der Waals surface area contributed by atoms with Crippen LogP contribution in [0.2, 0.25) is 0 Å². The van der Waals surface area contributed by atoms with Gasteiger partial charge in [-0.25, -0.2) is 13.2 Å². The van der Waals surface area contributed by atoms with E-state index in [1.54, 1.807) is 13.0 Å². The highest BCUT2D eigenvalue weighted by molar-refractivity contribution is 5.41. The number of unbranched alkanes of at least 4 members (excludes halogenated alkanes) is 1. The predicted octanol–water partition coefficient (Wildman–Crippen LogP) is 8.58. The molecule has 6 heteroatoms. The van der Waals surface area contributed by atoms with Crippen LogP contribution in [-0.2, 0) is 4.74 Å². The Hall–Kier alpha value is -2.21. The third kappa shape index (κ3) is 6.37. The summed E-state index contributed by atoms with van der Waals surface area (Å²) in [5.74, 6) is 0.886. The number of hydrogen-bond donors (Lipinski definition) is 0. The van der Waals surface area contributed by atoms with Crippen LogP contribution in [0.4, 0.5) is 13.2 Å². The minimum absolute atomic E-state index is 0.0706. The van der Waals surface area contributed by atoms with E-state index in [4.69, 9.17) is 14.2 Å². The molecule has 3 nitrogen and oxygen atoms in total. The van der Waals surface area contributed by atoms with Gasteiger partial charge in [0.2, 0.25) is 0 Å². The molecular formula is C30H39F3O3. The molecule has 2 fully saturated rings. The van der Waals surface area contributed by atoms with Gasteiger partial charge in [0.1, 0.15) is 17.3 Å². The molecule has 0 spiro atoms. The van der Waals surface area contributed by atoms with Crippen LogP contribution < -0.4 is 9.47 Å². The summed E-state index contributed by atoms with van der Waals surface area (Å²) in [6.07, 6.45) is 5.53. The van der Waals surface area contributed by atoms with Crippen LogP contribution in [0.15, 0.2) is 36.4 Å². The maximum absolute atomic E-state index is 15.0.